The maximum absolute atomic E-state index is 12.5. The Morgan fingerprint density at radius 2 is 1.91 bits per heavy atom. The molecule has 1 saturated heterocycles. The fourth-order valence-corrected chi connectivity index (χ4v) is 4.06. The maximum Gasteiger partial charge on any atom is 0.236 e. The van der Waals surface area contributed by atoms with E-state index in [2.05, 4.69) is 0 Å². The van der Waals surface area contributed by atoms with Crippen LogP contribution in [0.25, 0.3) is 6.08 Å². The predicted octanol–water partition coefficient (Wildman–Crippen LogP) is 1.88. The van der Waals surface area contributed by atoms with Crippen LogP contribution < -0.4 is 5.73 Å². The number of rotatable bonds is 4. The van der Waals surface area contributed by atoms with Crippen LogP contribution in [0.4, 0.5) is 0 Å². The third-order valence-electron chi connectivity index (χ3n) is 4.06. The van der Waals surface area contributed by atoms with Crippen molar-refractivity contribution in [2.24, 2.45) is 11.7 Å². The van der Waals surface area contributed by atoms with Crippen molar-refractivity contribution in [1.82, 2.24) is 4.31 Å². The van der Waals surface area contributed by atoms with E-state index in [1.54, 1.807) is 6.08 Å². The minimum Gasteiger partial charge on any atom is -0.369 e. The van der Waals surface area contributed by atoms with Crippen LogP contribution in [-0.2, 0) is 14.8 Å². The molecule has 1 amide bonds. The van der Waals surface area contributed by atoms with Crippen LogP contribution in [-0.4, -0.2) is 31.2 Å². The van der Waals surface area contributed by atoms with Crippen LogP contribution in [0.15, 0.2) is 29.7 Å². The summed E-state index contributed by atoms with van der Waals surface area (Å²) in [5.41, 5.74) is 7.26. The summed E-state index contributed by atoms with van der Waals surface area (Å²) in [6, 6.07) is 7.47. The monoisotopic (exact) mass is 322 g/mol. The summed E-state index contributed by atoms with van der Waals surface area (Å²) >= 11 is 0. The van der Waals surface area contributed by atoms with Crippen molar-refractivity contribution in [3.63, 3.8) is 0 Å². The van der Waals surface area contributed by atoms with Gasteiger partial charge in [-0.25, -0.2) is 8.42 Å². The maximum atomic E-state index is 12.5. The standard InChI is InChI=1S/C16H22N2O3S/c1-12-3-6-14(7-4-12)9-10-22(20,21)18-11-15(16(17)19)8-5-13(18)2/h3-4,6-7,9-10,13,15H,5,8,11H2,1-2H3,(H2,17,19)/b10-9-/t13-,15-/m1/s1. The zero-order chi connectivity index (χ0) is 16.3. The molecule has 1 aliphatic rings. The van der Waals surface area contributed by atoms with E-state index in [0.717, 1.165) is 11.1 Å². The van der Waals surface area contributed by atoms with Gasteiger partial charge in [0.15, 0.2) is 0 Å². The van der Waals surface area contributed by atoms with Crippen LogP contribution in [0.5, 0.6) is 0 Å². The summed E-state index contributed by atoms with van der Waals surface area (Å²) in [6.45, 7) is 4.00. The average molecular weight is 322 g/mol. The molecule has 0 saturated carbocycles. The van der Waals surface area contributed by atoms with Gasteiger partial charge in [-0.1, -0.05) is 29.8 Å². The molecule has 2 atom stereocenters. The molecule has 1 aliphatic heterocycles. The Morgan fingerprint density at radius 1 is 1.27 bits per heavy atom. The van der Waals surface area contributed by atoms with Crippen molar-refractivity contribution in [1.29, 1.82) is 0 Å². The highest BCUT2D eigenvalue weighted by Crippen LogP contribution is 2.25. The van der Waals surface area contributed by atoms with Gasteiger partial charge in [-0.3, -0.25) is 4.79 Å². The number of nitrogens with zero attached hydrogens (tertiary/aromatic N) is 1. The summed E-state index contributed by atoms with van der Waals surface area (Å²) in [5, 5.41) is 1.21. The zero-order valence-corrected chi connectivity index (χ0v) is 13.7. The number of carbonyl (C=O) groups is 1. The van der Waals surface area contributed by atoms with Gasteiger partial charge in [-0.2, -0.15) is 4.31 Å². The van der Waals surface area contributed by atoms with Crippen molar-refractivity contribution in [2.45, 2.75) is 32.7 Å². The Morgan fingerprint density at radius 3 is 2.50 bits per heavy atom. The molecule has 1 aromatic rings. The lowest BCUT2D eigenvalue weighted by Crippen LogP contribution is -2.47. The average Bonchev–Trinajstić information content (AvgIpc) is 2.46. The fraction of sp³-hybridized carbons (Fsp3) is 0.438. The van der Waals surface area contributed by atoms with Gasteiger partial charge in [0.05, 0.1) is 5.92 Å². The molecule has 5 nitrogen and oxygen atoms in total. The number of nitrogens with two attached hydrogens (primary N) is 1. The minimum absolute atomic E-state index is 0.122. The van der Waals surface area contributed by atoms with Crippen LogP contribution in [0.1, 0.15) is 30.9 Å². The number of amides is 1. The van der Waals surface area contributed by atoms with Crippen LogP contribution in [0, 0.1) is 12.8 Å². The smallest absolute Gasteiger partial charge is 0.236 e. The molecule has 0 spiro atoms. The number of carbonyl (C=O) groups excluding carboxylic acids is 1. The Labute approximate surface area is 131 Å². The summed E-state index contributed by atoms with van der Waals surface area (Å²) in [5.74, 6) is -0.839. The van der Waals surface area contributed by atoms with Gasteiger partial charge < -0.3 is 5.73 Å². The molecule has 0 unspecified atom stereocenters. The van der Waals surface area contributed by atoms with Crippen molar-refractivity contribution < 1.29 is 13.2 Å². The van der Waals surface area contributed by atoms with Gasteiger partial charge in [0.25, 0.3) is 0 Å². The van der Waals surface area contributed by atoms with Gasteiger partial charge in [0.1, 0.15) is 0 Å². The number of hydrogen-bond donors (Lipinski definition) is 1. The first-order valence-corrected chi connectivity index (χ1v) is 8.86. The van der Waals surface area contributed by atoms with Crippen LogP contribution in [0.3, 0.4) is 0 Å². The molecule has 0 radical (unpaired) electrons. The quantitative estimate of drug-likeness (QED) is 0.919. The first-order valence-electron chi connectivity index (χ1n) is 7.35. The van der Waals surface area contributed by atoms with Crippen molar-refractivity contribution in [3.8, 4) is 0 Å². The second kappa shape index (κ2) is 6.62. The highest BCUT2D eigenvalue weighted by atomic mass is 32.2. The number of aryl methyl sites for hydroxylation is 1. The lowest BCUT2D eigenvalue weighted by Gasteiger charge is -2.34. The van der Waals surface area contributed by atoms with Crippen LogP contribution in [0.2, 0.25) is 0 Å². The van der Waals surface area contributed by atoms with E-state index in [-0.39, 0.29) is 12.6 Å². The van der Waals surface area contributed by atoms with E-state index in [1.807, 2.05) is 38.1 Å². The molecule has 2 N–H and O–H groups in total. The van der Waals surface area contributed by atoms with Gasteiger partial charge in [-0.05, 0) is 38.3 Å². The molecule has 0 bridgehead atoms. The highest BCUT2D eigenvalue weighted by Gasteiger charge is 2.34. The van der Waals surface area contributed by atoms with Crippen LogP contribution >= 0.6 is 0 Å². The molecule has 2 rings (SSSR count). The molecular formula is C16H22N2O3S. The highest BCUT2D eigenvalue weighted by molar-refractivity contribution is 7.92. The second-order valence-corrected chi connectivity index (χ2v) is 7.62. The summed E-state index contributed by atoms with van der Waals surface area (Å²) < 4.78 is 26.4. The molecule has 1 fully saturated rings. The topological polar surface area (TPSA) is 80.5 Å². The van der Waals surface area contributed by atoms with Crippen molar-refractivity contribution >= 4 is 22.0 Å². The van der Waals surface area contributed by atoms with E-state index in [1.165, 1.54) is 9.71 Å². The Balaban J connectivity index is 2.17. The summed E-state index contributed by atoms with van der Waals surface area (Å²) in [7, 11) is -3.56. The number of benzene rings is 1. The Hall–Kier alpha value is -1.66. The Bertz CT molecular complexity index is 665. The third kappa shape index (κ3) is 3.96. The van der Waals surface area contributed by atoms with E-state index < -0.39 is 21.8 Å². The Kier molecular flexibility index (Phi) is 5.03. The van der Waals surface area contributed by atoms with Gasteiger partial charge >= 0.3 is 0 Å². The van der Waals surface area contributed by atoms with Crippen molar-refractivity contribution in [3.05, 3.63) is 40.8 Å². The first-order chi connectivity index (χ1) is 10.3. The molecule has 0 aliphatic carbocycles. The number of primary amides is 1. The van der Waals surface area contributed by atoms with E-state index in [0.29, 0.717) is 12.8 Å². The molecule has 120 valence electrons. The van der Waals surface area contributed by atoms with Gasteiger partial charge in [0.2, 0.25) is 15.9 Å². The second-order valence-electron chi connectivity index (χ2n) is 5.85. The largest absolute Gasteiger partial charge is 0.369 e. The zero-order valence-electron chi connectivity index (χ0n) is 12.9. The molecule has 22 heavy (non-hydrogen) atoms. The minimum atomic E-state index is -3.56. The number of sulfonamides is 1. The first kappa shape index (κ1) is 16.7. The molecule has 6 heteroatoms. The summed E-state index contributed by atoms with van der Waals surface area (Å²) in [6.07, 6.45) is 2.87. The fourth-order valence-electron chi connectivity index (χ4n) is 2.58. The molecule has 0 aromatic heterocycles. The number of hydrogen-bond acceptors (Lipinski definition) is 3. The lowest BCUT2D eigenvalue weighted by atomic mass is 9.95. The molecule has 1 heterocycles. The van der Waals surface area contributed by atoms with Gasteiger partial charge in [-0.15, -0.1) is 0 Å². The predicted molar refractivity (Wildman–Crippen MR) is 87.2 cm³/mol. The summed E-state index contributed by atoms with van der Waals surface area (Å²) in [4.78, 5) is 11.3. The van der Waals surface area contributed by atoms with Gasteiger partial charge in [0, 0.05) is 18.0 Å². The third-order valence-corrected chi connectivity index (χ3v) is 5.71. The van der Waals surface area contributed by atoms with Crippen molar-refractivity contribution in [2.75, 3.05) is 6.54 Å². The normalized spacial score (nSPS) is 23.7. The van der Waals surface area contributed by atoms with E-state index in [4.69, 9.17) is 5.73 Å². The number of piperidine rings is 1. The van der Waals surface area contributed by atoms with E-state index in [9.17, 15) is 13.2 Å². The molecule has 1 aromatic carbocycles. The van der Waals surface area contributed by atoms with E-state index >= 15 is 0 Å². The lowest BCUT2D eigenvalue weighted by molar-refractivity contribution is -0.123. The molecular weight excluding hydrogens is 300 g/mol. The SMILES string of the molecule is Cc1ccc(/C=C\S(=O)(=O)N2C[C@H](C(N)=O)CC[C@H]2C)cc1.